The van der Waals surface area contributed by atoms with Crippen LogP contribution in [0.15, 0.2) is 16.8 Å². The lowest BCUT2D eigenvalue weighted by molar-refractivity contribution is 0.0236. The summed E-state index contributed by atoms with van der Waals surface area (Å²) in [6.45, 7) is 2.84. The molecule has 2 heterocycles. The van der Waals surface area contributed by atoms with E-state index in [0.29, 0.717) is 18.8 Å². The summed E-state index contributed by atoms with van der Waals surface area (Å²) in [6, 6.07) is 3.03. The second-order valence-corrected chi connectivity index (χ2v) is 6.27. The molecule has 1 aliphatic heterocycles. The van der Waals surface area contributed by atoms with Gasteiger partial charge in [0.1, 0.15) is 0 Å². The zero-order valence-electron chi connectivity index (χ0n) is 10.8. The van der Waals surface area contributed by atoms with Crippen LogP contribution in [0.1, 0.15) is 31.2 Å². The number of hydrogen-bond donors (Lipinski definition) is 1. The molecule has 1 aromatic heterocycles. The van der Waals surface area contributed by atoms with Crippen molar-refractivity contribution in [3.8, 4) is 0 Å². The van der Waals surface area contributed by atoms with Gasteiger partial charge < -0.3 is 10.5 Å². The summed E-state index contributed by atoms with van der Waals surface area (Å²) in [6.07, 6.45) is 5.73. The molecule has 0 amide bonds. The number of rotatable bonds is 6. The van der Waals surface area contributed by atoms with Crippen molar-refractivity contribution in [3.63, 3.8) is 0 Å². The molecule has 3 nitrogen and oxygen atoms in total. The van der Waals surface area contributed by atoms with Crippen LogP contribution < -0.4 is 5.73 Å². The number of nitrogens with zero attached hydrogens (tertiary/aromatic N) is 1. The van der Waals surface area contributed by atoms with E-state index < -0.39 is 0 Å². The van der Waals surface area contributed by atoms with E-state index in [2.05, 4.69) is 21.7 Å². The first-order valence-corrected chi connectivity index (χ1v) is 7.90. The third-order valence-corrected chi connectivity index (χ3v) is 4.66. The van der Waals surface area contributed by atoms with Gasteiger partial charge in [0.25, 0.3) is 0 Å². The molecule has 1 saturated carbocycles. The predicted octanol–water partition coefficient (Wildman–Crippen LogP) is 2.22. The average molecular weight is 266 g/mol. The Labute approximate surface area is 113 Å². The van der Waals surface area contributed by atoms with Crippen LogP contribution in [0.3, 0.4) is 0 Å². The Morgan fingerprint density at radius 2 is 2.11 bits per heavy atom. The van der Waals surface area contributed by atoms with E-state index in [9.17, 15) is 0 Å². The van der Waals surface area contributed by atoms with Gasteiger partial charge in [-0.2, -0.15) is 11.3 Å². The van der Waals surface area contributed by atoms with Gasteiger partial charge in [0, 0.05) is 25.7 Å². The molecule has 0 aromatic carbocycles. The van der Waals surface area contributed by atoms with Crippen LogP contribution >= 0.6 is 11.3 Å². The standard InChI is InChI=1S/C14H22N2OS/c15-7-13-3-4-14(17-13)9-16(12-1-2-12)8-11-5-6-18-10-11/h5-6,10,12-14H,1-4,7-9,15H2. The summed E-state index contributed by atoms with van der Waals surface area (Å²) in [7, 11) is 0. The average Bonchev–Trinajstić information content (AvgIpc) is 2.92. The fourth-order valence-electron chi connectivity index (χ4n) is 2.75. The number of thiophene rings is 1. The van der Waals surface area contributed by atoms with Crippen LogP contribution in [-0.4, -0.2) is 36.2 Å². The Hall–Kier alpha value is -0.420. The molecule has 0 bridgehead atoms. The maximum Gasteiger partial charge on any atom is 0.0707 e. The van der Waals surface area contributed by atoms with E-state index in [0.717, 1.165) is 25.6 Å². The highest BCUT2D eigenvalue weighted by Gasteiger charge is 2.33. The largest absolute Gasteiger partial charge is 0.372 e. The molecule has 1 aromatic rings. The molecule has 2 aliphatic rings. The normalized spacial score (nSPS) is 28.1. The Kier molecular flexibility index (Phi) is 3.99. The highest BCUT2D eigenvalue weighted by Crippen LogP contribution is 2.30. The van der Waals surface area contributed by atoms with Crippen LogP contribution in [0.2, 0.25) is 0 Å². The second kappa shape index (κ2) is 5.70. The molecular weight excluding hydrogens is 244 g/mol. The molecule has 18 heavy (non-hydrogen) atoms. The highest BCUT2D eigenvalue weighted by atomic mass is 32.1. The minimum Gasteiger partial charge on any atom is -0.372 e. The van der Waals surface area contributed by atoms with Gasteiger partial charge in [0.2, 0.25) is 0 Å². The van der Waals surface area contributed by atoms with Crippen molar-refractivity contribution in [1.29, 1.82) is 0 Å². The smallest absolute Gasteiger partial charge is 0.0707 e. The minimum absolute atomic E-state index is 0.303. The highest BCUT2D eigenvalue weighted by molar-refractivity contribution is 7.07. The number of hydrogen-bond acceptors (Lipinski definition) is 4. The van der Waals surface area contributed by atoms with Crippen molar-refractivity contribution in [2.24, 2.45) is 5.73 Å². The van der Waals surface area contributed by atoms with Crippen LogP contribution in [0.25, 0.3) is 0 Å². The third kappa shape index (κ3) is 3.12. The van der Waals surface area contributed by atoms with Gasteiger partial charge >= 0.3 is 0 Å². The predicted molar refractivity (Wildman–Crippen MR) is 74.7 cm³/mol. The maximum atomic E-state index is 5.97. The van der Waals surface area contributed by atoms with Gasteiger partial charge in [-0.25, -0.2) is 0 Å². The van der Waals surface area contributed by atoms with Crippen LogP contribution in [0.4, 0.5) is 0 Å². The lowest BCUT2D eigenvalue weighted by Crippen LogP contribution is -2.34. The van der Waals surface area contributed by atoms with Crippen molar-refractivity contribution < 1.29 is 4.74 Å². The molecule has 2 N–H and O–H groups in total. The summed E-state index contributed by atoms with van der Waals surface area (Å²) >= 11 is 1.79. The molecule has 2 fully saturated rings. The van der Waals surface area contributed by atoms with Crippen LogP contribution in [0.5, 0.6) is 0 Å². The van der Waals surface area contributed by atoms with Crippen LogP contribution in [-0.2, 0) is 11.3 Å². The Morgan fingerprint density at radius 1 is 1.28 bits per heavy atom. The van der Waals surface area contributed by atoms with Gasteiger partial charge in [0.05, 0.1) is 12.2 Å². The fraction of sp³-hybridized carbons (Fsp3) is 0.714. The van der Waals surface area contributed by atoms with Crippen molar-refractivity contribution >= 4 is 11.3 Å². The minimum atomic E-state index is 0.303. The molecule has 0 radical (unpaired) electrons. The molecular formula is C14H22N2OS. The maximum absolute atomic E-state index is 5.97. The van der Waals surface area contributed by atoms with E-state index in [4.69, 9.17) is 10.5 Å². The Bertz CT molecular complexity index is 364. The first-order chi connectivity index (χ1) is 8.85. The molecule has 1 saturated heterocycles. The Balaban J connectivity index is 1.54. The molecule has 2 atom stereocenters. The van der Waals surface area contributed by atoms with Gasteiger partial charge in [-0.1, -0.05) is 0 Å². The van der Waals surface area contributed by atoms with Gasteiger partial charge in [-0.05, 0) is 48.1 Å². The van der Waals surface area contributed by atoms with Crippen molar-refractivity contribution in [2.45, 2.75) is 50.5 Å². The second-order valence-electron chi connectivity index (χ2n) is 5.49. The van der Waals surface area contributed by atoms with E-state index in [1.165, 1.54) is 24.8 Å². The summed E-state index contributed by atoms with van der Waals surface area (Å²) in [4.78, 5) is 2.60. The molecule has 4 heteroatoms. The summed E-state index contributed by atoms with van der Waals surface area (Å²) in [5.41, 5.74) is 7.12. The van der Waals surface area contributed by atoms with E-state index in [1.807, 2.05) is 0 Å². The van der Waals surface area contributed by atoms with Gasteiger partial charge in [-0.15, -0.1) is 0 Å². The van der Waals surface area contributed by atoms with E-state index in [1.54, 1.807) is 11.3 Å². The van der Waals surface area contributed by atoms with Gasteiger partial charge in [0.15, 0.2) is 0 Å². The SMILES string of the molecule is NCC1CCC(CN(Cc2ccsc2)C2CC2)O1. The fourth-order valence-corrected chi connectivity index (χ4v) is 3.41. The zero-order valence-corrected chi connectivity index (χ0v) is 11.6. The van der Waals surface area contributed by atoms with Crippen LogP contribution in [0, 0.1) is 0 Å². The third-order valence-electron chi connectivity index (χ3n) is 3.93. The lowest BCUT2D eigenvalue weighted by Gasteiger charge is -2.25. The molecule has 3 rings (SSSR count). The molecule has 0 spiro atoms. The summed E-state index contributed by atoms with van der Waals surface area (Å²) in [5, 5.41) is 4.42. The van der Waals surface area contributed by atoms with Crippen molar-refractivity contribution in [1.82, 2.24) is 4.90 Å². The first kappa shape index (κ1) is 12.6. The van der Waals surface area contributed by atoms with Crippen molar-refractivity contribution in [2.75, 3.05) is 13.1 Å². The Morgan fingerprint density at radius 3 is 2.72 bits per heavy atom. The molecule has 1 aliphatic carbocycles. The van der Waals surface area contributed by atoms with Crippen molar-refractivity contribution in [3.05, 3.63) is 22.4 Å². The monoisotopic (exact) mass is 266 g/mol. The summed E-state index contributed by atoms with van der Waals surface area (Å²) < 4.78 is 5.97. The lowest BCUT2D eigenvalue weighted by atomic mass is 10.2. The zero-order chi connectivity index (χ0) is 12.4. The number of nitrogens with two attached hydrogens (primary N) is 1. The molecule has 100 valence electrons. The molecule has 2 unspecified atom stereocenters. The van der Waals surface area contributed by atoms with E-state index in [-0.39, 0.29) is 0 Å². The van der Waals surface area contributed by atoms with Gasteiger partial charge in [-0.3, -0.25) is 4.90 Å². The topological polar surface area (TPSA) is 38.5 Å². The summed E-state index contributed by atoms with van der Waals surface area (Å²) in [5.74, 6) is 0. The first-order valence-electron chi connectivity index (χ1n) is 6.96. The number of ether oxygens (including phenoxy) is 1. The van der Waals surface area contributed by atoms with E-state index >= 15 is 0 Å². The quantitative estimate of drug-likeness (QED) is 0.858.